The van der Waals surface area contributed by atoms with Gasteiger partial charge in [-0.05, 0) is 80.9 Å². The highest BCUT2D eigenvalue weighted by Gasteiger charge is 2.40. The molecule has 1 unspecified atom stereocenters. The van der Waals surface area contributed by atoms with E-state index < -0.39 is 32.1 Å². The summed E-state index contributed by atoms with van der Waals surface area (Å²) in [5, 5.41) is 4.01. The summed E-state index contributed by atoms with van der Waals surface area (Å²) in [6, 6.07) is 20.6. The Labute approximate surface area is 268 Å². The topological polar surface area (TPSA) is 90.0 Å². The summed E-state index contributed by atoms with van der Waals surface area (Å²) in [5.74, 6) is -0.489. The number of anilines is 1. The second-order valence-electron chi connectivity index (χ2n) is 13.3. The van der Waals surface area contributed by atoms with Crippen molar-refractivity contribution in [3.8, 4) is 11.3 Å². The average molecular weight is 640 g/mol. The van der Waals surface area contributed by atoms with Crippen LogP contribution in [-0.4, -0.2) is 62.6 Å². The van der Waals surface area contributed by atoms with Gasteiger partial charge in [0.25, 0.3) is 0 Å². The molecule has 0 radical (unpaired) electrons. The van der Waals surface area contributed by atoms with Crippen LogP contribution in [0, 0.1) is 0 Å². The van der Waals surface area contributed by atoms with Gasteiger partial charge >= 0.3 is 12.1 Å². The van der Waals surface area contributed by atoms with Crippen LogP contribution in [0.1, 0.15) is 63.7 Å². The van der Waals surface area contributed by atoms with Gasteiger partial charge in [-0.2, -0.15) is 0 Å². The number of ether oxygens (including phenoxy) is 2. The van der Waals surface area contributed by atoms with E-state index in [9.17, 15) is 9.59 Å². The van der Waals surface area contributed by atoms with E-state index >= 15 is 0 Å². The molecule has 0 aliphatic heterocycles. The molecule has 1 amide bonds. The van der Waals surface area contributed by atoms with Crippen LogP contribution in [0.5, 0.6) is 0 Å². The first-order valence-corrected chi connectivity index (χ1v) is 18.1. The van der Waals surface area contributed by atoms with E-state index in [1.54, 1.807) is 17.0 Å². The number of esters is 1. The third-order valence-corrected chi connectivity index (χ3v) is 12.2. The first kappa shape index (κ1) is 35.1. The Kier molecular flexibility index (Phi) is 11.6. The van der Waals surface area contributed by atoms with E-state index in [1.807, 2.05) is 75.4 Å². The Balaban J connectivity index is 1.84. The number of hydrogen-bond acceptors (Lipinski definition) is 7. The van der Waals surface area contributed by atoms with Crippen molar-refractivity contribution < 1.29 is 23.5 Å². The number of halogens is 1. The number of carbonyl (C=O) groups excluding carboxylic acids is 2. The van der Waals surface area contributed by atoms with E-state index in [0.29, 0.717) is 30.4 Å². The van der Waals surface area contributed by atoms with Crippen molar-refractivity contribution in [3.05, 3.63) is 83.0 Å². The minimum Gasteiger partial charge on any atom is -0.464 e. The molecule has 0 saturated carbocycles. The predicted molar refractivity (Wildman–Crippen MR) is 180 cm³/mol. The van der Waals surface area contributed by atoms with E-state index in [2.05, 4.69) is 44.2 Å². The van der Waals surface area contributed by atoms with Gasteiger partial charge in [-0.15, -0.1) is 0 Å². The van der Waals surface area contributed by atoms with E-state index in [0.717, 1.165) is 16.8 Å². The van der Waals surface area contributed by atoms with Crippen molar-refractivity contribution in [2.75, 3.05) is 32.1 Å². The molecule has 1 aromatic heterocycles. The number of pyridine rings is 1. The van der Waals surface area contributed by atoms with Crippen LogP contribution in [0.15, 0.2) is 66.7 Å². The molecular formula is C34H46ClN3O5Si. The number of carbonyl (C=O) groups is 2. The summed E-state index contributed by atoms with van der Waals surface area (Å²) in [5.41, 5.74) is 2.84. The van der Waals surface area contributed by atoms with Gasteiger partial charge in [-0.3, -0.25) is 0 Å². The van der Waals surface area contributed by atoms with Crippen LogP contribution in [0.4, 0.5) is 10.5 Å². The first-order chi connectivity index (χ1) is 20.5. The Bertz CT molecular complexity index is 1430. The molecule has 0 spiro atoms. The molecule has 1 atom stereocenters. The molecule has 3 rings (SSSR count). The molecule has 3 aromatic rings. The van der Waals surface area contributed by atoms with Crippen molar-refractivity contribution in [1.29, 1.82) is 0 Å². The van der Waals surface area contributed by atoms with Crippen LogP contribution in [0.3, 0.4) is 0 Å². The molecular weight excluding hydrogens is 594 g/mol. The fraction of sp³-hybridized carbons (Fsp3) is 0.441. The Hall–Kier alpha value is -3.40. The van der Waals surface area contributed by atoms with Gasteiger partial charge in [-0.1, -0.05) is 62.7 Å². The molecule has 10 heteroatoms. The molecule has 238 valence electrons. The standard InChI is InChI=1S/C34H46ClN3O5Si/c1-33(2,3)42-32(40)38(23-30(25-14-10-15-26(35)21-25)43-44(8,9)34(4,5)6)20-19-36-27-16-11-13-24(22-27)28-17-12-18-29(37-28)31(39)41-7/h10-18,21-22,30,36H,19-20,23H2,1-9H3. The predicted octanol–water partition coefficient (Wildman–Crippen LogP) is 8.60. The van der Waals surface area contributed by atoms with E-state index in [4.69, 9.17) is 25.5 Å². The molecule has 0 aliphatic carbocycles. The smallest absolute Gasteiger partial charge is 0.410 e. The van der Waals surface area contributed by atoms with Gasteiger partial charge < -0.3 is 24.1 Å². The third kappa shape index (κ3) is 10.1. The maximum absolute atomic E-state index is 13.5. The summed E-state index contributed by atoms with van der Waals surface area (Å²) < 4.78 is 17.5. The first-order valence-electron chi connectivity index (χ1n) is 14.8. The number of aromatic nitrogens is 1. The highest BCUT2D eigenvalue weighted by atomic mass is 35.5. The van der Waals surface area contributed by atoms with Crippen LogP contribution in [0.2, 0.25) is 23.2 Å². The molecule has 1 N–H and O–H groups in total. The number of benzene rings is 2. The van der Waals surface area contributed by atoms with Gasteiger partial charge in [0.15, 0.2) is 8.32 Å². The SMILES string of the molecule is COC(=O)c1cccc(-c2cccc(NCCN(CC(O[Si](C)(C)C(C)(C)C)c3cccc(Cl)c3)C(=O)OC(C)(C)C)c2)n1. The number of rotatable bonds is 11. The summed E-state index contributed by atoms with van der Waals surface area (Å²) in [6.07, 6.45) is -0.804. The number of hydrogen-bond donors (Lipinski definition) is 1. The average Bonchev–Trinajstić information content (AvgIpc) is 2.94. The van der Waals surface area contributed by atoms with Crippen LogP contribution >= 0.6 is 11.6 Å². The largest absolute Gasteiger partial charge is 0.464 e. The molecule has 0 aliphatic rings. The molecule has 1 heterocycles. The zero-order valence-corrected chi connectivity index (χ0v) is 29.1. The van der Waals surface area contributed by atoms with Crippen molar-refractivity contribution in [1.82, 2.24) is 9.88 Å². The number of nitrogens with zero attached hydrogens (tertiary/aromatic N) is 2. The lowest BCUT2D eigenvalue weighted by molar-refractivity contribution is 0.0165. The van der Waals surface area contributed by atoms with Crippen LogP contribution in [0.25, 0.3) is 11.3 Å². The lowest BCUT2D eigenvalue weighted by atomic mass is 10.1. The number of nitrogens with one attached hydrogen (secondary N) is 1. The molecule has 0 saturated heterocycles. The highest BCUT2D eigenvalue weighted by molar-refractivity contribution is 6.74. The fourth-order valence-corrected chi connectivity index (χ4v) is 5.65. The third-order valence-electron chi connectivity index (χ3n) is 7.51. The number of amides is 1. The van der Waals surface area contributed by atoms with Gasteiger partial charge in [0.2, 0.25) is 0 Å². The zero-order valence-electron chi connectivity index (χ0n) is 27.4. The van der Waals surface area contributed by atoms with Gasteiger partial charge in [0.1, 0.15) is 11.3 Å². The van der Waals surface area contributed by atoms with Gasteiger partial charge in [0.05, 0.1) is 25.5 Å². The second kappa shape index (κ2) is 14.6. The normalized spacial score (nSPS) is 12.8. The van der Waals surface area contributed by atoms with Gasteiger partial charge in [-0.25, -0.2) is 14.6 Å². The quantitative estimate of drug-likeness (QED) is 0.166. The maximum atomic E-state index is 13.5. The maximum Gasteiger partial charge on any atom is 0.410 e. The molecule has 0 fully saturated rings. The Morgan fingerprint density at radius 3 is 2.30 bits per heavy atom. The summed E-state index contributed by atoms with van der Waals surface area (Å²) in [6.45, 7) is 17.7. The summed E-state index contributed by atoms with van der Waals surface area (Å²) >= 11 is 6.39. The van der Waals surface area contributed by atoms with E-state index in [1.165, 1.54) is 7.11 Å². The summed E-state index contributed by atoms with van der Waals surface area (Å²) in [7, 11) is -0.893. The van der Waals surface area contributed by atoms with Crippen molar-refractivity contribution >= 4 is 37.7 Å². The monoisotopic (exact) mass is 639 g/mol. The van der Waals surface area contributed by atoms with Crippen molar-refractivity contribution in [3.63, 3.8) is 0 Å². The fourth-order valence-electron chi connectivity index (χ4n) is 4.17. The van der Waals surface area contributed by atoms with Crippen molar-refractivity contribution in [2.45, 2.75) is 71.4 Å². The minimum atomic E-state index is -2.23. The molecule has 8 nitrogen and oxygen atoms in total. The van der Waals surface area contributed by atoms with Crippen LogP contribution in [-0.2, 0) is 13.9 Å². The summed E-state index contributed by atoms with van der Waals surface area (Å²) in [4.78, 5) is 31.6. The molecule has 2 aromatic carbocycles. The van der Waals surface area contributed by atoms with Gasteiger partial charge in [0, 0.05) is 29.4 Å². The lowest BCUT2D eigenvalue weighted by Gasteiger charge is -2.40. The van der Waals surface area contributed by atoms with E-state index in [-0.39, 0.29) is 10.7 Å². The highest BCUT2D eigenvalue weighted by Crippen LogP contribution is 2.40. The molecule has 0 bridgehead atoms. The molecule has 44 heavy (non-hydrogen) atoms. The second-order valence-corrected chi connectivity index (χ2v) is 18.4. The minimum absolute atomic E-state index is 0.0294. The Morgan fingerprint density at radius 1 is 0.977 bits per heavy atom. The van der Waals surface area contributed by atoms with Crippen molar-refractivity contribution in [2.24, 2.45) is 0 Å². The van der Waals surface area contributed by atoms with Crippen LogP contribution < -0.4 is 5.32 Å². The lowest BCUT2D eigenvalue weighted by Crippen LogP contribution is -2.46. The zero-order chi connectivity index (χ0) is 32.7. The number of methoxy groups -OCH3 is 1. The Morgan fingerprint density at radius 2 is 1.66 bits per heavy atom.